The lowest BCUT2D eigenvalue weighted by Crippen LogP contribution is -2.20. The zero-order valence-electron chi connectivity index (χ0n) is 7.00. The summed E-state index contributed by atoms with van der Waals surface area (Å²) < 4.78 is 0. The van der Waals surface area contributed by atoms with Gasteiger partial charge in [-0.1, -0.05) is 4.98 Å². The molecule has 0 bridgehead atoms. The first-order valence-electron chi connectivity index (χ1n) is 3.66. The van der Waals surface area contributed by atoms with Gasteiger partial charge in [-0.2, -0.15) is 0 Å². The number of hydrogen-bond acceptors (Lipinski definition) is 3. The zero-order chi connectivity index (χ0) is 8.55. The number of nitrogens with one attached hydrogen (secondary N) is 2. The highest BCUT2D eigenvalue weighted by Gasteiger charge is 2.11. The van der Waals surface area contributed by atoms with Gasteiger partial charge in [-0.15, -0.1) is 0 Å². The molecule has 2 aromatic heterocycles. The first-order chi connectivity index (χ1) is 5.79. The molecule has 2 heterocycles. The quantitative estimate of drug-likeness (QED) is 0.637. The Bertz CT molecular complexity index is 391. The molecule has 0 aliphatic carbocycles. The summed E-state index contributed by atoms with van der Waals surface area (Å²) >= 11 is 0. The predicted octanol–water partition coefficient (Wildman–Crippen LogP) is -0.162. The van der Waals surface area contributed by atoms with Gasteiger partial charge in [0.25, 0.3) is 5.65 Å². The van der Waals surface area contributed by atoms with E-state index in [2.05, 4.69) is 19.9 Å². The number of aromatic nitrogens is 4. The Labute approximate surface area is 69.5 Å². The topological polar surface area (TPSA) is 59.0 Å². The summed E-state index contributed by atoms with van der Waals surface area (Å²) in [5.41, 5.74) is 1.67. The van der Waals surface area contributed by atoms with E-state index >= 15 is 0 Å². The maximum absolute atomic E-state index is 4.06. The van der Waals surface area contributed by atoms with E-state index in [0.717, 1.165) is 17.0 Å². The van der Waals surface area contributed by atoms with Crippen molar-refractivity contribution in [2.75, 3.05) is 19.0 Å². The van der Waals surface area contributed by atoms with Crippen LogP contribution in [0.1, 0.15) is 0 Å². The molecule has 0 saturated heterocycles. The molecule has 0 unspecified atom stereocenters. The SMILES string of the molecule is CN(C)c1[nH+]cnc2nc[nH]c12. The number of imidazole rings is 1. The second kappa shape index (κ2) is 2.44. The van der Waals surface area contributed by atoms with Crippen molar-refractivity contribution in [3.05, 3.63) is 12.7 Å². The Morgan fingerprint density at radius 3 is 3.00 bits per heavy atom. The fourth-order valence-corrected chi connectivity index (χ4v) is 1.14. The summed E-state index contributed by atoms with van der Waals surface area (Å²) in [4.78, 5) is 16.1. The lowest BCUT2D eigenvalue weighted by atomic mass is 10.5. The van der Waals surface area contributed by atoms with Crippen molar-refractivity contribution in [1.29, 1.82) is 0 Å². The molecule has 2 N–H and O–H groups in total. The molecule has 2 rings (SSSR count). The van der Waals surface area contributed by atoms with Gasteiger partial charge < -0.3 is 4.98 Å². The van der Waals surface area contributed by atoms with E-state index in [9.17, 15) is 0 Å². The maximum Gasteiger partial charge on any atom is 0.260 e. The van der Waals surface area contributed by atoms with Gasteiger partial charge in [0.05, 0.1) is 20.4 Å². The molecule has 5 nitrogen and oxygen atoms in total. The molecule has 0 aliphatic heterocycles. The number of anilines is 1. The number of nitrogens with zero attached hydrogens (tertiary/aromatic N) is 3. The van der Waals surface area contributed by atoms with E-state index < -0.39 is 0 Å². The zero-order valence-corrected chi connectivity index (χ0v) is 7.00. The Balaban J connectivity index is 2.73. The summed E-state index contributed by atoms with van der Waals surface area (Å²) in [6.07, 6.45) is 3.27. The third-order valence-corrected chi connectivity index (χ3v) is 1.69. The largest absolute Gasteiger partial charge is 0.336 e. The van der Waals surface area contributed by atoms with Gasteiger partial charge in [0.15, 0.2) is 5.52 Å². The minimum Gasteiger partial charge on any atom is -0.336 e. The highest BCUT2D eigenvalue weighted by atomic mass is 15.2. The normalized spacial score (nSPS) is 10.5. The number of rotatable bonds is 1. The van der Waals surface area contributed by atoms with E-state index in [0.29, 0.717) is 0 Å². The van der Waals surface area contributed by atoms with Gasteiger partial charge in [0.1, 0.15) is 0 Å². The molecular formula is C7H10N5+. The monoisotopic (exact) mass is 164 g/mol. The standard InChI is InChI=1S/C7H9N5/c1-12(2)7-5-6(9-3-8-5)10-4-11-7/h3-4H,1-2H3,(H,8,9,10,11)/p+1. The Kier molecular flexibility index (Phi) is 1.43. The Morgan fingerprint density at radius 2 is 2.25 bits per heavy atom. The average Bonchev–Trinajstić information content (AvgIpc) is 2.49. The number of fused-ring (bicyclic) bond motifs is 1. The number of aromatic amines is 2. The van der Waals surface area contributed by atoms with Crippen LogP contribution in [0.25, 0.3) is 11.2 Å². The van der Waals surface area contributed by atoms with Crippen molar-refractivity contribution in [2.24, 2.45) is 0 Å². The van der Waals surface area contributed by atoms with Gasteiger partial charge in [0, 0.05) is 0 Å². The van der Waals surface area contributed by atoms with Crippen LogP contribution in [-0.4, -0.2) is 29.0 Å². The molecule has 0 aliphatic rings. The van der Waals surface area contributed by atoms with Crippen LogP contribution in [0.15, 0.2) is 12.7 Å². The summed E-state index contributed by atoms with van der Waals surface area (Å²) in [6, 6.07) is 0. The lowest BCUT2D eigenvalue weighted by Gasteiger charge is -2.04. The van der Waals surface area contributed by atoms with Gasteiger partial charge in [-0.05, 0) is 0 Å². The van der Waals surface area contributed by atoms with Crippen molar-refractivity contribution in [2.45, 2.75) is 0 Å². The van der Waals surface area contributed by atoms with Crippen LogP contribution in [0.2, 0.25) is 0 Å². The fraction of sp³-hybridized carbons (Fsp3) is 0.286. The first-order valence-corrected chi connectivity index (χ1v) is 3.66. The molecule has 0 aromatic carbocycles. The molecule has 0 fully saturated rings. The van der Waals surface area contributed by atoms with Crippen LogP contribution < -0.4 is 9.88 Å². The molecule has 5 heteroatoms. The Morgan fingerprint density at radius 1 is 1.42 bits per heavy atom. The van der Waals surface area contributed by atoms with Crippen molar-refractivity contribution < 1.29 is 4.98 Å². The van der Waals surface area contributed by atoms with E-state index in [1.54, 1.807) is 12.7 Å². The second-order valence-electron chi connectivity index (χ2n) is 2.75. The van der Waals surface area contributed by atoms with E-state index in [-0.39, 0.29) is 0 Å². The Hall–Kier alpha value is -1.65. The second-order valence-corrected chi connectivity index (χ2v) is 2.75. The molecule has 2 aromatic rings. The van der Waals surface area contributed by atoms with E-state index in [4.69, 9.17) is 0 Å². The molecule has 12 heavy (non-hydrogen) atoms. The summed E-state index contributed by atoms with van der Waals surface area (Å²) in [5.74, 6) is 0.984. The molecule has 0 saturated carbocycles. The fourth-order valence-electron chi connectivity index (χ4n) is 1.14. The van der Waals surface area contributed by atoms with Crippen LogP contribution in [0.5, 0.6) is 0 Å². The van der Waals surface area contributed by atoms with Crippen LogP contribution in [-0.2, 0) is 0 Å². The minimum absolute atomic E-state index is 0.734. The highest BCUT2D eigenvalue weighted by molar-refractivity contribution is 5.80. The van der Waals surface area contributed by atoms with Crippen molar-refractivity contribution >= 4 is 17.0 Å². The van der Waals surface area contributed by atoms with Gasteiger partial charge >= 0.3 is 0 Å². The maximum atomic E-state index is 4.06. The summed E-state index contributed by atoms with van der Waals surface area (Å²) in [5, 5.41) is 0. The molecule has 0 spiro atoms. The van der Waals surface area contributed by atoms with Gasteiger partial charge in [-0.25, -0.2) is 9.97 Å². The third kappa shape index (κ3) is 0.903. The van der Waals surface area contributed by atoms with Gasteiger partial charge in [-0.3, -0.25) is 4.90 Å². The number of H-pyrrole nitrogens is 2. The summed E-state index contributed by atoms with van der Waals surface area (Å²) in [7, 11) is 3.93. The van der Waals surface area contributed by atoms with Crippen LogP contribution in [0.4, 0.5) is 5.82 Å². The molecular weight excluding hydrogens is 154 g/mol. The minimum atomic E-state index is 0.734. The van der Waals surface area contributed by atoms with Crippen LogP contribution in [0.3, 0.4) is 0 Å². The van der Waals surface area contributed by atoms with Crippen molar-refractivity contribution in [3.8, 4) is 0 Å². The smallest absolute Gasteiger partial charge is 0.260 e. The third-order valence-electron chi connectivity index (χ3n) is 1.69. The lowest BCUT2D eigenvalue weighted by molar-refractivity contribution is -0.366. The van der Waals surface area contributed by atoms with Crippen molar-refractivity contribution in [3.63, 3.8) is 0 Å². The van der Waals surface area contributed by atoms with E-state index in [1.165, 1.54) is 0 Å². The highest BCUT2D eigenvalue weighted by Crippen LogP contribution is 2.12. The van der Waals surface area contributed by atoms with E-state index in [1.807, 2.05) is 19.0 Å². The average molecular weight is 164 g/mol. The summed E-state index contributed by atoms with van der Waals surface area (Å²) in [6.45, 7) is 0. The van der Waals surface area contributed by atoms with Crippen LogP contribution in [0, 0.1) is 0 Å². The van der Waals surface area contributed by atoms with Gasteiger partial charge in [0.2, 0.25) is 12.1 Å². The molecule has 0 radical (unpaired) electrons. The number of hydrogen-bond donors (Lipinski definition) is 1. The first kappa shape index (κ1) is 7.02. The van der Waals surface area contributed by atoms with Crippen LogP contribution >= 0.6 is 0 Å². The predicted molar refractivity (Wildman–Crippen MR) is 44.8 cm³/mol. The van der Waals surface area contributed by atoms with Crippen molar-refractivity contribution in [1.82, 2.24) is 15.0 Å². The molecule has 0 amide bonds. The molecule has 62 valence electrons. The molecule has 0 atom stereocenters.